The lowest BCUT2D eigenvalue weighted by atomic mass is 9.90. The second-order valence-corrected chi connectivity index (χ2v) is 8.65. The van der Waals surface area contributed by atoms with E-state index in [-0.39, 0.29) is 18.0 Å². The Hall–Kier alpha value is -2.63. The number of unbranched alkanes of at least 4 members (excludes halogenated alkanes) is 1. The number of esters is 1. The number of aliphatic hydroxyl groups is 2. The second-order valence-electron chi connectivity index (χ2n) is 8.65. The summed E-state index contributed by atoms with van der Waals surface area (Å²) in [5.74, 6) is 0.368. The number of carbonyl (C=O) groups is 1. The number of aliphatic hydroxyl groups excluding tert-OH is 2. The molecule has 1 aliphatic carbocycles. The Labute approximate surface area is 190 Å². The van der Waals surface area contributed by atoms with Gasteiger partial charge in [-0.3, -0.25) is 0 Å². The average Bonchev–Trinajstić information content (AvgIpc) is 2.78. The van der Waals surface area contributed by atoms with E-state index in [0.29, 0.717) is 30.8 Å². The van der Waals surface area contributed by atoms with E-state index in [9.17, 15) is 15.0 Å². The second kappa shape index (κ2) is 11.8. The molecule has 5 nitrogen and oxygen atoms in total. The van der Waals surface area contributed by atoms with Crippen LogP contribution in [-0.2, 0) is 14.3 Å². The molecule has 1 aliphatic heterocycles. The SMILES string of the molecule is C=C(C)CCCC(O)C(O)CCCCOC1=CC2OC(=O)C(c3ccccc3)=CC2C=C1. The first kappa shape index (κ1) is 24.0. The van der Waals surface area contributed by atoms with Crippen molar-refractivity contribution in [2.24, 2.45) is 5.92 Å². The zero-order chi connectivity index (χ0) is 22.9. The van der Waals surface area contributed by atoms with Crippen molar-refractivity contribution in [3.05, 3.63) is 78.1 Å². The maximum absolute atomic E-state index is 12.4. The summed E-state index contributed by atoms with van der Waals surface area (Å²) in [6.45, 7) is 6.33. The van der Waals surface area contributed by atoms with Crippen molar-refractivity contribution < 1.29 is 24.5 Å². The zero-order valence-electron chi connectivity index (χ0n) is 18.8. The van der Waals surface area contributed by atoms with Gasteiger partial charge in [0, 0.05) is 5.92 Å². The Morgan fingerprint density at radius 1 is 1.09 bits per heavy atom. The highest BCUT2D eigenvalue weighted by Crippen LogP contribution is 2.31. The molecule has 0 saturated carbocycles. The van der Waals surface area contributed by atoms with Crippen LogP contribution in [0.15, 0.2) is 72.5 Å². The molecule has 0 saturated heterocycles. The molecule has 1 heterocycles. The van der Waals surface area contributed by atoms with Crippen molar-refractivity contribution >= 4 is 11.5 Å². The Bertz CT molecular complexity index is 867. The molecule has 1 aromatic carbocycles. The van der Waals surface area contributed by atoms with Crippen molar-refractivity contribution in [3.8, 4) is 0 Å². The van der Waals surface area contributed by atoms with E-state index >= 15 is 0 Å². The van der Waals surface area contributed by atoms with Crippen LogP contribution in [0.3, 0.4) is 0 Å². The summed E-state index contributed by atoms with van der Waals surface area (Å²) in [4.78, 5) is 12.4. The molecule has 0 spiro atoms. The van der Waals surface area contributed by atoms with E-state index in [4.69, 9.17) is 9.47 Å². The lowest BCUT2D eigenvalue weighted by Gasteiger charge is -2.29. The molecule has 0 aromatic heterocycles. The Morgan fingerprint density at radius 2 is 1.81 bits per heavy atom. The third-order valence-corrected chi connectivity index (χ3v) is 5.81. The van der Waals surface area contributed by atoms with E-state index in [1.54, 1.807) is 0 Å². The number of hydrogen-bond donors (Lipinski definition) is 2. The molecule has 4 atom stereocenters. The van der Waals surface area contributed by atoms with Gasteiger partial charge < -0.3 is 19.7 Å². The first-order chi connectivity index (χ1) is 15.4. The van der Waals surface area contributed by atoms with Crippen LogP contribution in [0.5, 0.6) is 0 Å². The van der Waals surface area contributed by atoms with Crippen LogP contribution >= 0.6 is 0 Å². The van der Waals surface area contributed by atoms with E-state index in [1.807, 2.05) is 61.6 Å². The Balaban J connectivity index is 1.39. The molecule has 0 amide bonds. The molecule has 5 heteroatoms. The predicted molar refractivity (Wildman–Crippen MR) is 125 cm³/mol. The number of hydrogen-bond acceptors (Lipinski definition) is 5. The van der Waals surface area contributed by atoms with E-state index < -0.39 is 12.2 Å². The van der Waals surface area contributed by atoms with Crippen molar-refractivity contribution in [1.82, 2.24) is 0 Å². The van der Waals surface area contributed by atoms with Crippen LogP contribution in [0.1, 0.15) is 51.0 Å². The lowest BCUT2D eigenvalue weighted by molar-refractivity contribution is -0.141. The highest BCUT2D eigenvalue weighted by atomic mass is 16.5. The minimum Gasteiger partial charge on any atom is -0.494 e. The van der Waals surface area contributed by atoms with Crippen LogP contribution in [-0.4, -0.2) is 41.1 Å². The van der Waals surface area contributed by atoms with Gasteiger partial charge in [-0.2, -0.15) is 0 Å². The molecule has 0 fully saturated rings. The Morgan fingerprint density at radius 3 is 2.53 bits per heavy atom. The summed E-state index contributed by atoms with van der Waals surface area (Å²) in [6, 6.07) is 9.54. The van der Waals surface area contributed by atoms with Gasteiger partial charge in [0.05, 0.1) is 24.4 Å². The van der Waals surface area contributed by atoms with Gasteiger partial charge in [0.15, 0.2) is 0 Å². The number of ether oxygens (including phenoxy) is 2. The molecule has 4 unspecified atom stereocenters. The maximum Gasteiger partial charge on any atom is 0.339 e. The molecule has 0 bridgehead atoms. The van der Waals surface area contributed by atoms with Gasteiger partial charge in [-0.05, 0) is 63.2 Å². The molecular formula is C27H34O5. The third-order valence-electron chi connectivity index (χ3n) is 5.81. The fourth-order valence-electron chi connectivity index (χ4n) is 3.93. The molecule has 0 radical (unpaired) electrons. The molecule has 2 aliphatic rings. The first-order valence-electron chi connectivity index (χ1n) is 11.5. The number of carbonyl (C=O) groups excluding carboxylic acids is 1. The molecule has 1 aromatic rings. The summed E-state index contributed by atoms with van der Waals surface area (Å²) >= 11 is 0. The number of allylic oxidation sites excluding steroid dienone is 2. The predicted octanol–water partition coefficient (Wildman–Crippen LogP) is 4.72. The minimum absolute atomic E-state index is 0.00299. The van der Waals surface area contributed by atoms with Gasteiger partial charge in [-0.15, -0.1) is 6.58 Å². The fraction of sp³-hybridized carbons (Fsp3) is 0.444. The number of fused-ring (bicyclic) bond motifs is 1. The number of rotatable bonds is 12. The average molecular weight is 439 g/mol. The lowest BCUT2D eigenvalue weighted by Crippen LogP contribution is -2.30. The molecule has 3 rings (SSSR count). The van der Waals surface area contributed by atoms with Crippen LogP contribution in [0, 0.1) is 5.92 Å². The quantitative estimate of drug-likeness (QED) is 0.281. The van der Waals surface area contributed by atoms with Gasteiger partial charge in [0.1, 0.15) is 11.9 Å². The largest absolute Gasteiger partial charge is 0.494 e. The topological polar surface area (TPSA) is 76.0 Å². The monoisotopic (exact) mass is 438 g/mol. The normalized spacial score (nSPS) is 21.7. The highest BCUT2D eigenvalue weighted by molar-refractivity contribution is 6.17. The highest BCUT2D eigenvalue weighted by Gasteiger charge is 2.31. The number of benzene rings is 1. The van der Waals surface area contributed by atoms with Crippen LogP contribution < -0.4 is 0 Å². The maximum atomic E-state index is 12.4. The van der Waals surface area contributed by atoms with Gasteiger partial charge in [-0.25, -0.2) is 4.79 Å². The Kier molecular flexibility index (Phi) is 8.89. The van der Waals surface area contributed by atoms with Gasteiger partial charge in [-0.1, -0.05) is 48.1 Å². The van der Waals surface area contributed by atoms with Gasteiger partial charge in [0.25, 0.3) is 0 Å². The summed E-state index contributed by atoms with van der Waals surface area (Å²) in [5, 5.41) is 20.1. The summed E-state index contributed by atoms with van der Waals surface area (Å²) in [7, 11) is 0. The first-order valence-corrected chi connectivity index (χ1v) is 11.5. The summed E-state index contributed by atoms with van der Waals surface area (Å²) in [6.07, 6.45) is 10.4. The van der Waals surface area contributed by atoms with Gasteiger partial charge in [0.2, 0.25) is 0 Å². The van der Waals surface area contributed by atoms with E-state index in [1.165, 1.54) is 0 Å². The van der Waals surface area contributed by atoms with Gasteiger partial charge >= 0.3 is 5.97 Å². The van der Waals surface area contributed by atoms with Crippen LogP contribution in [0.25, 0.3) is 5.57 Å². The zero-order valence-corrected chi connectivity index (χ0v) is 18.8. The summed E-state index contributed by atoms with van der Waals surface area (Å²) < 4.78 is 11.5. The van der Waals surface area contributed by atoms with E-state index in [0.717, 1.165) is 36.8 Å². The van der Waals surface area contributed by atoms with Crippen molar-refractivity contribution in [2.75, 3.05) is 6.61 Å². The van der Waals surface area contributed by atoms with Crippen molar-refractivity contribution in [3.63, 3.8) is 0 Å². The summed E-state index contributed by atoms with van der Waals surface area (Å²) in [5.41, 5.74) is 2.55. The molecular weight excluding hydrogens is 404 g/mol. The van der Waals surface area contributed by atoms with Crippen LogP contribution in [0.2, 0.25) is 0 Å². The standard InChI is InChI=1S/C27H34O5/c1-19(2)9-8-13-25(29)24(28)12-6-7-16-31-22-15-14-21-17-23(20-10-4-3-5-11-20)27(30)32-26(21)18-22/h3-5,10-11,14-15,17-18,21,24-26,28-29H,1,6-9,12-13,16H2,2H3. The smallest absolute Gasteiger partial charge is 0.339 e. The molecule has 172 valence electrons. The van der Waals surface area contributed by atoms with Crippen molar-refractivity contribution in [2.45, 2.75) is 63.8 Å². The fourth-order valence-corrected chi connectivity index (χ4v) is 3.93. The van der Waals surface area contributed by atoms with Crippen molar-refractivity contribution in [1.29, 1.82) is 0 Å². The molecule has 2 N–H and O–H groups in total. The van der Waals surface area contributed by atoms with E-state index in [2.05, 4.69) is 6.58 Å². The minimum atomic E-state index is -0.707. The molecule has 32 heavy (non-hydrogen) atoms. The third kappa shape index (κ3) is 6.94. The van der Waals surface area contributed by atoms with Crippen LogP contribution in [0.4, 0.5) is 0 Å².